The summed E-state index contributed by atoms with van der Waals surface area (Å²) in [6.07, 6.45) is 0. The average Bonchev–Trinajstić information content (AvgIpc) is 2.76. The number of aromatic hydroxyl groups is 1. The standard InChI is InChI=1S/C15H18N2O5/c1-7-16-9-6-8(13(19)22-15(2,3)4)10(14(20)21-5)12(18)11(9)17-7/h6,18H,1-5H3,(H,16,17). The van der Waals surface area contributed by atoms with E-state index in [9.17, 15) is 14.7 Å². The number of nitrogens with zero attached hydrogens (tertiary/aromatic N) is 1. The fourth-order valence-electron chi connectivity index (χ4n) is 2.06. The van der Waals surface area contributed by atoms with Gasteiger partial charge in [-0.1, -0.05) is 0 Å². The summed E-state index contributed by atoms with van der Waals surface area (Å²) >= 11 is 0. The van der Waals surface area contributed by atoms with Gasteiger partial charge in [0.15, 0.2) is 5.75 Å². The molecule has 7 nitrogen and oxygen atoms in total. The number of benzene rings is 1. The first-order valence-corrected chi connectivity index (χ1v) is 6.68. The third-order valence-electron chi connectivity index (χ3n) is 2.88. The van der Waals surface area contributed by atoms with Crippen LogP contribution >= 0.6 is 0 Å². The lowest BCUT2D eigenvalue weighted by Crippen LogP contribution is -2.25. The highest BCUT2D eigenvalue weighted by molar-refractivity contribution is 6.09. The highest BCUT2D eigenvalue weighted by atomic mass is 16.6. The van der Waals surface area contributed by atoms with Gasteiger partial charge < -0.3 is 19.6 Å². The minimum Gasteiger partial charge on any atom is -0.505 e. The molecule has 0 aliphatic heterocycles. The van der Waals surface area contributed by atoms with Crippen molar-refractivity contribution in [1.82, 2.24) is 9.97 Å². The van der Waals surface area contributed by atoms with Crippen molar-refractivity contribution in [3.05, 3.63) is 23.0 Å². The normalized spacial score (nSPS) is 11.5. The molecule has 1 heterocycles. The second-order valence-corrected chi connectivity index (χ2v) is 5.86. The zero-order chi connectivity index (χ0) is 16.7. The van der Waals surface area contributed by atoms with E-state index in [1.54, 1.807) is 27.7 Å². The number of hydrogen-bond donors (Lipinski definition) is 2. The fraction of sp³-hybridized carbons (Fsp3) is 0.400. The Morgan fingerprint density at radius 2 is 1.91 bits per heavy atom. The number of phenols is 1. The summed E-state index contributed by atoms with van der Waals surface area (Å²) in [4.78, 5) is 31.3. The largest absolute Gasteiger partial charge is 0.505 e. The molecule has 0 radical (unpaired) electrons. The first-order chi connectivity index (χ1) is 10.1. The molecule has 0 unspecified atom stereocenters. The van der Waals surface area contributed by atoms with Gasteiger partial charge in [-0.2, -0.15) is 0 Å². The van der Waals surface area contributed by atoms with Gasteiger partial charge in [0.25, 0.3) is 0 Å². The molecule has 2 rings (SSSR count). The Labute approximate surface area is 127 Å². The third kappa shape index (κ3) is 2.88. The highest BCUT2D eigenvalue weighted by Crippen LogP contribution is 2.32. The lowest BCUT2D eigenvalue weighted by Gasteiger charge is -2.20. The van der Waals surface area contributed by atoms with E-state index in [4.69, 9.17) is 4.74 Å². The number of rotatable bonds is 2. The fourth-order valence-corrected chi connectivity index (χ4v) is 2.06. The predicted octanol–water partition coefficient (Wildman–Crippen LogP) is 2.32. The Kier molecular flexibility index (Phi) is 3.83. The minimum atomic E-state index is -0.832. The zero-order valence-corrected chi connectivity index (χ0v) is 13.1. The van der Waals surface area contributed by atoms with Gasteiger partial charge in [-0.15, -0.1) is 0 Å². The van der Waals surface area contributed by atoms with E-state index < -0.39 is 23.3 Å². The van der Waals surface area contributed by atoms with E-state index in [-0.39, 0.29) is 16.6 Å². The van der Waals surface area contributed by atoms with Crippen LogP contribution in [0.2, 0.25) is 0 Å². The molecule has 0 saturated carbocycles. The topological polar surface area (TPSA) is 102 Å². The summed E-state index contributed by atoms with van der Waals surface area (Å²) in [5.41, 5.74) is -0.432. The lowest BCUT2D eigenvalue weighted by atomic mass is 10.0. The molecule has 22 heavy (non-hydrogen) atoms. The maximum absolute atomic E-state index is 12.3. The molecular formula is C15H18N2O5. The Bertz CT molecular complexity index is 755. The number of aromatic nitrogens is 2. The van der Waals surface area contributed by atoms with Gasteiger partial charge >= 0.3 is 11.9 Å². The smallest absolute Gasteiger partial charge is 0.342 e. The molecule has 0 aliphatic rings. The minimum absolute atomic E-state index is 0.0737. The SMILES string of the molecule is COC(=O)c1c(C(=O)OC(C)(C)C)cc2[nH]c(C)nc2c1O. The monoisotopic (exact) mass is 306 g/mol. The first-order valence-electron chi connectivity index (χ1n) is 6.68. The summed E-state index contributed by atoms with van der Waals surface area (Å²) < 4.78 is 9.93. The Morgan fingerprint density at radius 3 is 2.45 bits per heavy atom. The number of fused-ring (bicyclic) bond motifs is 1. The van der Waals surface area contributed by atoms with E-state index in [0.29, 0.717) is 11.3 Å². The molecule has 1 aromatic heterocycles. The Hall–Kier alpha value is -2.57. The van der Waals surface area contributed by atoms with Crippen LogP contribution in [0.4, 0.5) is 0 Å². The molecule has 7 heteroatoms. The van der Waals surface area contributed by atoms with Gasteiger partial charge in [-0.3, -0.25) is 0 Å². The highest BCUT2D eigenvalue weighted by Gasteiger charge is 2.28. The molecule has 0 saturated heterocycles. The molecule has 118 valence electrons. The van der Waals surface area contributed by atoms with Crippen molar-refractivity contribution in [3.63, 3.8) is 0 Å². The number of ether oxygens (including phenoxy) is 2. The molecule has 0 spiro atoms. The molecule has 0 aliphatic carbocycles. The van der Waals surface area contributed by atoms with Crippen molar-refractivity contribution < 1.29 is 24.2 Å². The van der Waals surface area contributed by atoms with E-state index >= 15 is 0 Å². The van der Waals surface area contributed by atoms with Crippen LogP contribution in [-0.2, 0) is 9.47 Å². The van der Waals surface area contributed by atoms with Crippen LogP contribution in [0.1, 0.15) is 47.3 Å². The van der Waals surface area contributed by atoms with Gasteiger partial charge in [0.2, 0.25) is 0 Å². The van der Waals surface area contributed by atoms with E-state index in [0.717, 1.165) is 0 Å². The van der Waals surface area contributed by atoms with Crippen LogP contribution in [0.5, 0.6) is 5.75 Å². The number of carbonyl (C=O) groups is 2. The number of H-pyrrole nitrogens is 1. The summed E-state index contributed by atoms with van der Waals surface area (Å²) in [5, 5.41) is 10.3. The van der Waals surface area contributed by atoms with Crippen LogP contribution < -0.4 is 0 Å². The van der Waals surface area contributed by atoms with E-state index in [1.807, 2.05) is 0 Å². The number of aryl methyl sites for hydroxylation is 1. The van der Waals surface area contributed by atoms with E-state index in [2.05, 4.69) is 14.7 Å². The first kappa shape index (κ1) is 15.8. The lowest BCUT2D eigenvalue weighted by molar-refractivity contribution is 0.00648. The number of carbonyl (C=O) groups excluding carboxylic acids is 2. The molecule has 2 aromatic rings. The summed E-state index contributed by atoms with van der Waals surface area (Å²) in [5.74, 6) is -1.42. The molecule has 0 fully saturated rings. The number of aromatic amines is 1. The zero-order valence-electron chi connectivity index (χ0n) is 13.1. The Morgan fingerprint density at radius 1 is 1.27 bits per heavy atom. The number of methoxy groups -OCH3 is 1. The van der Waals surface area contributed by atoms with Gasteiger partial charge in [0.1, 0.15) is 22.5 Å². The maximum Gasteiger partial charge on any atom is 0.342 e. The maximum atomic E-state index is 12.3. The molecule has 1 aromatic carbocycles. The van der Waals surface area contributed by atoms with E-state index in [1.165, 1.54) is 13.2 Å². The number of nitrogens with one attached hydrogen (secondary N) is 1. The van der Waals surface area contributed by atoms with Gasteiger partial charge in [0, 0.05) is 0 Å². The molecule has 0 amide bonds. The van der Waals surface area contributed by atoms with Gasteiger partial charge in [-0.25, -0.2) is 14.6 Å². The average molecular weight is 306 g/mol. The van der Waals surface area contributed by atoms with Crippen molar-refractivity contribution in [3.8, 4) is 5.75 Å². The second kappa shape index (κ2) is 5.32. The van der Waals surface area contributed by atoms with Crippen molar-refractivity contribution in [1.29, 1.82) is 0 Å². The summed E-state index contributed by atoms with van der Waals surface area (Å²) in [6, 6.07) is 1.43. The van der Waals surface area contributed by atoms with Crippen molar-refractivity contribution in [2.24, 2.45) is 0 Å². The van der Waals surface area contributed by atoms with Crippen molar-refractivity contribution >= 4 is 23.0 Å². The second-order valence-electron chi connectivity index (χ2n) is 5.86. The summed E-state index contributed by atoms with van der Waals surface area (Å²) in [6.45, 7) is 6.83. The molecule has 0 atom stereocenters. The van der Waals surface area contributed by atoms with Crippen molar-refractivity contribution in [2.45, 2.75) is 33.3 Å². The van der Waals surface area contributed by atoms with Crippen LogP contribution in [0.25, 0.3) is 11.0 Å². The Balaban J connectivity index is 2.69. The third-order valence-corrected chi connectivity index (χ3v) is 2.88. The predicted molar refractivity (Wildman–Crippen MR) is 79.0 cm³/mol. The number of hydrogen-bond acceptors (Lipinski definition) is 6. The molecule has 2 N–H and O–H groups in total. The van der Waals surface area contributed by atoms with Crippen LogP contribution in [0.15, 0.2) is 6.07 Å². The quantitative estimate of drug-likeness (QED) is 0.826. The van der Waals surface area contributed by atoms with Crippen LogP contribution in [-0.4, -0.2) is 39.7 Å². The van der Waals surface area contributed by atoms with Crippen LogP contribution in [0.3, 0.4) is 0 Å². The molecule has 0 bridgehead atoms. The number of esters is 2. The molecular weight excluding hydrogens is 288 g/mol. The number of imidazole rings is 1. The summed E-state index contributed by atoms with van der Waals surface area (Å²) in [7, 11) is 1.17. The van der Waals surface area contributed by atoms with Gasteiger partial charge in [-0.05, 0) is 33.8 Å². The van der Waals surface area contributed by atoms with Gasteiger partial charge in [0.05, 0.1) is 18.2 Å². The van der Waals surface area contributed by atoms with Crippen LogP contribution in [0, 0.1) is 6.92 Å². The van der Waals surface area contributed by atoms with Crippen molar-refractivity contribution in [2.75, 3.05) is 7.11 Å². The number of phenolic OH excluding ortho intramolecular Hbond substituents is 1.